The van der Waals surface area contributed by atoms with Crippen LogP contribution < -0.4 is 15.4 Å². The van der Waals surface area contributed by atoms with Crippen LogP contribution in [-0.2, 0) is 11.2 Å². The van der Waals surface area contributed by atoms with Crippen molar-refractivity contribution in [2.24, 2.45) is 5.92 Å². The van der Waals surface area contributed by atoms with Crippen molar-refractivity contribution < 1.29 is 14.3 Å². The van der Waals surface area contributed by atoms with Gasteiger partial charge in [-0.25, -0.2) is 0 Å². The number of benzene rings is 3. The minimum atomic E-state index is -0.169. The summed E-state index contributed by atoms with van der Waals surface area (Å²) in [4.78, 5) is 27.2. The predicted octanol–water partition coefficient (Wildman–Crippen LogP) is 5.62. The first-order valence-corrected chi connectivity index (χ1v) is 12.8. The third-order valence-electron chi connectivity index (χ3n) is 6.53. The van der Waals surface area contributed by atoms with Gasteiger partial charge in [0, 0.05) is 24.3 Å². The second kappa shape index (κ2) is 12.8. The lowest BCUT2D eigenvalue weighted by Crippen LogP contribution is -2.37. The molecule has 0 bridgehead atoms. The first-order chi connectivity index (χ1) is 17.6. The van der Waals surface area contributed by atoms with Gasteiger partial charge >= 0.3 is 0 Å². The number of piperidine rings is 1. The topological polar surface area (TPSA) is 70.7 Å². The lowest BCUT2D eigenvalue weighted by atomic mass is 9.98. The number of carbonyl (C=O) groups excluding carboxylic acids is 2. The summed E-state index contributed by atoms with van der Waals surface area (Å²) in [6, 6.07) is 25.1. The smallest absolute Gasteiger partial charge is 0.253 e. The van der Waals surface area contributed by atoms with E-state index in [2.05, 4.69) is 29.7 Å². The van der Waals surface area contributed by atoms with Gasteiger partial charge in [-0.05, 0) is 73.6 Å². The summed E-state index contributed by atoms with van der Waals surface area (Å²) < 4.78 is 5.94. The fourth-order valence-electron chi connectivity index (χ4n) is 4.30. The molecule has 1 fully saturated rings. The molecule has 6 nitrogen and oxygen atoms in total. The number of carbonyl (C=O) groups is 2. The summed E-state index contributed by atoms with van der Waals surface area (Å²) in [5.41, 5.74) is 3.41. The first kappa shape index (κ1) is 25.3. The molecule has 0 aromatic heterocycles. The van der Waals surface area contributed by atoms with Crippen molar-refractivity contribution in [2.45, 2.75) is 32.6 Å². The van der Waals surface area contributed by atoms with E-state index in [1.165, 1.54) is 5.56 Å². The third kappa shape index (κ3) is 7.35. The Morgan fingerprint density at radius 3 is 2.36 bits per heavy atom. The van der Waals surface area contributed by atoms with Gasteiger partial charge in [0.1, 0.15) is 5.75 Å². The molecule has 188 valence electrons. The predicted molar refractivity (Wildman–Crippen MR) is 145 cm³/mol. The average molecular weight is 486 g/mol. The largest absolute Gasteiger partial charge is 0.491 e. The van der Waals surface area contributed by atoms with Crippen LogP contribution in [-0.4, -0.2) is 43.0 Å². The second-order valence-corrected chi connectivity index (χ2v) is 9.39. The van der Waals surface area contributed by atoms with Gasteiger partial charge in [-0.2, -0.15) is 0 Å². The quantitative estimate of drug-likeness (QED) is 0.366. The number of likely N-dealkylation sites (tertiary alicyclic amines) is 1. The fraction of sp³-hybridized carbons (Fsp3) is 0.333. The van der Waals surface area contributed by atoms with Crippen molar-refractivity contribution in [3.8, 4) is 5.75 Å². The maximum absolute atomic E-state index is 12.7. The first-order valence-electron chi connectivity index (χ1n) is 12.8. The fourth-order valence-corrected chi connectivity index (χ4v) is 4.30. The Kier molecular flexibility index (Phi) is 8.98. The van der Waals surface area contributed by atoms with Gasteiger partial charge in [-0.15, -0.1) is 0 Å². The average Bonchev–Trinajstić information content (AvgIpc) is 2.92. The molecule has 2 N–H and O–H groups in total. The highest BCUT2D eigenvalue weighted by Crippen LogP contribution is 2.24. The number of para-hydroxylation sites is 2. The molecule has 0 atom stereocenters. The molecule has 0 aliphatic carbocycles. The summed E-state index contributed by atoms with van der Waals surface area (Å²) in [6.07, 6.45) is 3.95. The van der Waals surface area contributed by atoms with Crippen LogP contribution in [0.25, 0.3) is 0 Å². The van der Waals surface area contributed by atoms with Crippen LogP contribution in [0.2, 0.25) is 0 Å². The van der Waals surface area contributed by atoms with E-state index < -0.39 is 0 Å². The molecular formula is C30H35N3O3. The van der Waals surface area contributed by atoms with E-state index in [0.717, 1.165) is 44.5 Å². The molecule has 2 amide bonds. The summed E-state index contributed by atoms with van der Waals surface area (Å²) >= 11 is 0. The minimum absolute atomic E-state index is 0.0755. The number of amides is 2. The maximum atomic E-state index is 12.7. The van der Waals surface area contributed by atoms with Gasteiger partial charge in [-0.3, -0.25) is 9.59 Å². The molecule has 6 heteroatoms. The summed E-state index contributed by atoms with van der Waals surface area (Å²) in [6.45, 7) is 4.55. The zero-order valence-electron chi connectivity index (χ0n) is 20.9. The van der Waals surface area contributed by atoms with Crippen molar-refractivity contribution in [1.29, 1.82) is 0 Å². The zero-order valence-corrected chi connectivity index (χ0v) is 20.9. The van der Waals surface area contributed by atoms with Crippen molar-refractivity contribution in [2.75, 3.05) is 36.9 Å². The van der Waals surface area contributed by atoms with Gasteiger partial charge in [0.05, 0.1) is 18.8 Å². The highest BCUT2D eigenvalue weighted by Gasteiger charge is 2.21. The lowest BCUT2D eigenvalue weighted by molar-refractivity contribution is -0.114. The van der Waals surface area contributed by atoms with Gasteiger partial charge in [0.2, 0.25) is 5.91 Å². The third-order valence-corrected chi connectivity index (χ3v) is 6.53. The molecule has 0 radical (unpaired) electrons. The highest BCUT2D eigenvalue weighted by molar-refractivity contribution is 5.96. The van der Waals surface area contributed by atoms with E-state index in [4.69, 9.17) is 4.74 Å². The normalized spacial score (nSPS) is 13.8. The Morgan fingerprint density at radius 1 is 0.917 bits per heavy atom. The van der Waals surface area contributed by atoms with Crippen LogP contribution in [0, 0.1) is 5.92 Å². The highest BCUT2D eigenvalue weighted by atomic mass is 16.5. The Labute approximate surface area is 213 Å². The summed E-state index contributed by atoms with van der Waals surface area (Å²) in [5.74, 6) is 1.25. The van der Waals surface area contributed by atoms with Crippen molar-refractivity contribution in [3.63, 3.8) is 0 Å². The number of nitrogens with zero attached hydrogens (tertiary/aromatic N) is 1. The van der Waals surface area contributed by atoms with Crippen molar-refractivity contribution in [1.82, 2.24) is 4.90 Å². The molecule has 1 saturated heterocycles. The lowest BCUT2D eigenvalue weighted by Gasteiger charge is -2.30. The van der Waals surface area contributed by atoms with E-state index in [1.807, 2.05) is 71.6 Å². The van der Waals surface area contributed by atoms with Crippen LogP contribution in [0.15, 0.2) is 78.9 Å². The molecule has 0 spiro atoms. The Bertz CT molecular complexity index is 1120. The number of rotatable bonds is 10. The van der Waals surface area contributed by atoms with E-state index in [1.54, 1.807) is 0 Å². The van der Waals surface area contributed by atoms with Crippen LogP contribution in [0.5, 0.6) is 5.75 Å². The van der Waals surface area contributed by atoms with E-state index in [0.29, 0.717) is 29.5 Å². The number of aryl methyl sites for hydroxylation is 1. The minimum Gasteiger partial charge on any atom is -0.491 e. The molecule has 0 saturated carbocycles. The molecule has 36 heavy (non-hydrogen) atoms. The Balaban J connectivity index is 1.22. The van der Waals surface area contributed by atoms with Crippen LogP contribution in [0.4, 0.5) is 11.4 Å². The molecule has 1 aliphatic rings. The molecular weight excluding hydrogens is 450 g/mol. The Hall–Kier alpha value is -3.80. The van der Waals surface area contributed by atoms with E-state index in [-0.39, 0.29) is 18.4 Å². The standard InChI is InChI=1S/C30H35N3O3/c1-23-17-19-33(20-18-23)30(35)25-13-15-26(16-14-25)31-22-29(34)32-27-11-5-6-12-28(27)36-21-7-10-24-8-3-2-4-9-24/h2-6,8-9,11-16,23,31H,7,10,17-22H2,1H3,(H,32,34). The van der Waals surface area contributed by atoms with Gasteiger partial charge < -0.3 is 20.3 Å². The van der Waals surface area contributed by atoms with Crippen molar-refractivity contribution in [3.05, 3.63) is 90.0 Å². The summed E-state index contributed by atoms with van der Waals surface area (Å²) in [7, 11) is 0. The molecule has 4 rings (SSSR count). The van der Waals surface area contributed by atoms with Crippen LogP contribution in [0.3, 0.4) is 0 Å². The molecule has 3 aromatic rings. The molecule has 1 aliphatic heterocycles. The van der Waals surface area contributed by atoms with E-state index >= 15 is 0 Å². The number of hydrogen-bond donors (Lipinski definition) is 2. The van der Waals surface area contributed by atoms with Crippen LogP contribution >= 0.6 is 0 Å². The number of anilines is 2. The Morgan fingerprint density at radius 2 is 1.61 bits per heavy atom. The SMILES string of the molecule is CC1CCN(C(=O)c2ccc(NCC(=O)Nc3ccccc3OCCCc3ccccc3)cc2)CC1. The summed E-state index contributed by atoms with van der Waals surface area (Å²) in [5, 5.41) is 6.06. The van der Waals surface area contributed by atoms with Gasteiger partial charge in [0.25, 0.3) is 5.91 Å². The monoisotopic (exact) mass is 485 g/mol. The zero-order chi connectivity index (χ0) is 25.2. The molecule has 3 aromatic carbocycles. The van der Waals surface area contributed by atoms with Gasteiger partial charge in [0.15, 0.2) is 0 Å². The van der Waals surface area contributed by atoms with Gasteiger partial charge in [-0.1, -0.05) is 49.4 Å². The maximum Gasteiger partial charge on any atom is 0.253 e. The number of hydrogen-bond acceptors (Lipinski definition) is 4. The molecule has 0 unspecified atom stereocenters. The number of ether oxygens (including phenoxy) is 1. The second-order valence-electron chi connectivity index (χ2n) is 9.39. The molecule has 1 heterocycles. The van der Waals surface area contributed by atoms with Crippen LogP contribution in [0.1, 0.15) is 42.1 Å². The van der Waals surface area contributed by atoms with E-state index in [9.17, 15) is 9.59 Å². The van der Waals surface area contributed by atoms with Crippen molar-refractivity contribution >= 4 is 23.2 Å². The number of nitrogens with one attached hydrogen (secondary N) is 2.